The molecular weight excluding hydrogens is 942 g/mol. The van der Waals surface area contributed by atoms with Crippen LogP contribution in [0.4, 0.5) is 5.69 Å². The fourth-order valence-corrected chi connectivity index (χ4v) is 9.30. The molecule has 0 spiro atoms. The van der Waals surface area contributed by atoms with E-state index in [9.17, 15) is 38.8 Å². The standard InChI is InChI=1S/C54H52ClN7O10/c1-33-37(14-8-15-39(33)36-12-3-2-4-13-36)30-72-46-26-45(71-29-35-11-7-10-34(24-35)27-56)38(25-41(46)55)28-61-23-6-5-18-43(61)51(66)58-22-21-57-48(64)31-70-32-49(65)59-42-17-9-16-40-50(42)54(69)62(53(40)68)44-19-20-47(63)60-52(44)67/h2-4,7-17,24-26,43-44H,5-6,18-23,28-32H2,1H3,(H,57,64)(H,58,66)(H,59,65)(H,60,63,67). The average molecular weight is 995 g/mol. The van der Waals surface area contributed by atoms with Crippen LogP contribution >= 0.6 is 11.6 Å². The van der Waals surface area contributed by atoms with Crippen LogP contribution in [0.3, 0.4) is 0 Å². The third-order valence-corrected chi connectivity index (χ3v) is 13.0. The molecule has 0 radical (unpaired) electrons. The summed E-state index contributed by atoms with van der Waals surface area (Å²) in [5, 5.41) is 20.1. The Balaban J connectivity index is 0.834. The monoisotopic (exact) mass is 993 g/mol. The molecule has 72 heavy (non-hydrogen) atoms. The molecule has 3 aliphatic heterocycles. The lowest BCUT2D eigenvalue weighted by Gasteiger charge is -2.35. The summed E-state index contributed by atoms with van der Waals surface area (Å²) >= 11 is 6.94. The number of fused-ring (bicyclic) bond motifs is 1. The number of hydrogen-bond donors (Lipinski definition) is 4. The highest BCUT2D eigenvalue weighted by atomic mass is 35.5. The van der Waals surface area contributed by atoms with Gasteiger partial charge in [-0.15, -0.1) is 0 Å². The summed E-state index contributed by atoms with van der Waals surface area (Å²) in [5.41, 5.74) is 6.30. The Kier molecular flexibility index (Phi) is 16.4. The first-order chi connectivity index (χ1) is 34.9. The van der Waals surface area contributed by atoms with Crippen LogP contribution in [0.5, 0.6) is 11.5 Å². The highest BCUT2D eigenvalue weighted by Gasteiger charge is 2.45. The van der Waals surface area contributed by atoms with Crippen molar-refractivity contribution < 1.29 is 47.8 Å². The van der Waals surface area contributed by atoms with E-state index >= 15 is 0 Å². The van der Waals surface area contributed by atoms with Crippen molar-refractivity contribution in [1.29, 1.82) is 5.26 Å². The summed E-state index contributed by atoms with van der Waals surface area (Å²) < 4.78 is 18.1. The molecule has 7 amide bonds. The molecule has 2 saturated heterocycles. The van der Waals surface area contributed by atoms with E-state index in [4.69, 9.17) is 25.8 Å². The maximum absolute atomic E-state index is 13.7. The van der Waals surface area contributed by atoms with Crippen molar-refractivity contribution in [2.45, 2.75) is 70.9 Å². The molecular formula is C54H52ClN7O10. The molecule has 2 fully saturated rings. The van der Waals surface area contributed by atoms with Crippen LogP contribution in [0, 0.1) is 18.3 Å². The smallest absolute Gasteiger partial charge is 0.264 e. The number of likely N-dealkylation sites (tertiary alicyclic amines) is 1. The normalized spacial score (nSPS) is 16.6. The Morgan fingerprint density at radius 3 is 2.33 bits per heavy atom. The van der Waals surface area contributed by atoms with Gasteiger partial charge in [0, 0.05) is 37.7 Å². The minimum absolute atomic E-state index is 0.00419. The second-order valence-electron chi connectivity index (χ2n) is 17.6. The SMILES string of the molecule is Cc1c(COc2cc(OCc3cccc(C#N)c3)c(CN3CCCCC3C(=O)NCCNC(=O)COCC(=O)Nc3cccc4c3C(=O)N(C3CCC(=O)NC3=O)C4=O)cc2Cl)cccc1-c1ccccc1. The molecule has 5 aromatic carbocycles. The van der Waals surface area contributed by atoms with E-state index < -0.39 is 60.7 Å². The first kappa shape index (κ1) is 50.5. The lowest BCUT2D eigenvalue weighted by atomic mass is 9.97. The maximum Gasteiger partial charge on any atom is 0.264 e. The third-order valence-electron chi connectivity index (χ3n) is 12.7. The van der Waals surface area contributed by atoms with Gasteiger partial charge in [-0.05, 0) is 90.9 Å². The van der Waals surface area contributed by atoms with Crippen LogP contribution < -0.4 is 30.7 Å². The van der Waals surface area contributed by atoms with Gasteiger partial charge in [-0.3, -0.25) is 48.7 Å². The molecule has 18 heteroatoms. The van der Waals surface area contributed by atoms with Gasteiger partial charge in [0.25, 0.3) is 11.8 Å². The first-order valence-corrected chi connectivity index (χ1v) is 24.0. The number of carbonyl (C=O) groups is 7. The Morgan fingerprint density at radius 2 is 1.53 bits per heavy atom. The van der Waals surface area contributed by atoms with Crippen molar-refractivity contribution >= 4 is 58.6 Å². The van der Waals surface area contributed by atoms with Gasteiger partial charge < -0.3 is 30.2 Å². The van der Waals surface area contributed by atoms with E-state index in [1.807, 2.05) is 42.5 Å². The van der Waals surface area contributed by atoms with Crippen molar-refractivity contribution in [3.05, 3.63) is 147 Å². The summed E-state index contributed by atoms with van der Waals surface area (Å²) in [7, 11) is 0. The molecule has 2 atom stereocenters. The van der Waals surface area contributed by atoms with Gasteiger partial charge in [0.1, 0.15) is 44.0 Å². The molecule has 17 nitrogen and oxygen atoms in total. The number of carbonyl (C=O) groups excluding carboxylic acids is 7. The van der Waals surface area contributed by atoms with Gasteiger partial charge in [0.15, 0.2) is 0 Å². The van der Waals surface area contributed by atoms with Crippen LogP contribution in [0.15, 0.2) is 103 Å². The van der Waals surface area contributed by atoms with Gasteiger partial charge in [-0.1, -0.05) is 84.8 Å². The van der Waals surface area contributed by atoms with Gasteiger partial charge >= 0.3 is 0 Å². The van der Waals surface area contributed by atoms with Crippen molar-refractivity contribution in [2.75, 3.05) is 38.2 Å². The second kappa shape index (κ2) is 23.3. The predicted octanol–water partition coefficient (Wildman–Crippen LogP) is 5.99. The van der Waals surface area contributed by atoms with Crippen LogP contribution in [0.1, 0.15) is 80.6 Å². The molecule has 3 aliphatic rings. The summed E-state index contributed by atoms with van der Waals surface area (Å²) in [5.74, 6) is -3.25. The number of anilines is 1. The van der Waals surface area contributed by atoms with Gasteiger partial charge in [-0.25, -0.2) is 0 Å². The zero-order valence-corrected chi connectivity index (χ0v) is 40.2. The van der Waals surface area contributed by atoms with E-state index in [1.165, 1.54) is 18.2 Å². The summed E-state index contributed by atoms with van der Waals surface area (Å²) in [6, 6.07) is 31.8. The Bertz CT molecular complexity index is 2960. The van der Waals surface area contributed by atoms with E-state index in [2.05, 4.69) is 57.4 Å². The fourth-order valence-electron chi connectivity index (χ4n) is 9.06. The number of benzene rings is 5. The summed E-state index contributed by atoms with van der Waals surface area (Å²) in [6.07, 6.45) is 2.27. The number of nitrogens with one attached hydrogen (secondary N) is 4. The average Bonchev–Trinajstić information content (AvgIpc) is 3.63. The zero-order chi connectivity index (χ0) is 50.7. The number of piperidine rings is 2. The van der Waals surface area contributed by atoms with Crippen molar-refractivity contribution in [3.63, 3.8) is 0 Å². The number of halogens is 1. The molecule has 5 aromatic rings. The van der Waals surface area contributed by atoms with Gasteiger partial charge in [-0.2, -0.15) is 5.26 Å². The topological polar surface area (TPSA) is 226 Å². The van der Waals surface area contributed by atoms with Crippen LogP contribution in [0.2, 0.25) is 5.02 Å². The van der Waals surface area contributed by atoms with E-state index in [1.54, 1.807) is 24.3 Å². The number of nitrogens with zero attached hydrogens (tertiary/aromatic N) is 3. The Hall–Kier alpha value is -7.91. The molecule has 370 valence electrons. The molecule has 0 aromatic heterocycles. The third kappa shape index (κ3) is 12.0. The van der Waals surface area contributed by atoms with Crippen molar-refractivity contribution in [2.24, 2.45) is 0 Å². The molecule has 0 aliphatic carbocycles. The number of rotatable bonds is 19. The van der Waals surface area contributed by atoms with Crippen LogP contribution in [0.25, 0.3) is 11.1 Å². The van der Waals surface area contributed by atoms with E-state index in [-0.39, 0.29) is 61.9 Å². The Morgan fingerprint density at radius 1 is 0.778 bits per heavy atom. The van der Waals surface area contributed by atoms with Gasteiger partial charge in [0.05, 0.1) is 39.5 Å². The number of amides is 7. The maximum atomic E-state index is 13.7. The summed E-state index contributed by atoms with van der Waals surface area (Å²) in [4.78, 5) is 92.6. The molecule has 2 unspecified atom stereocenters. The first-order valence-electron chi connectivity index (χ1n) is 23.6. The molecule has 4 N–H and O–H groups in total. The van der Waals surface area contributed by atoms with E-state index in [0.29, 0.717) is 41.6 Å². The zero-order valence-electron chi connectivity index (χ0n) is 39.5. The molecule has 8 rings (SSSR count). The minimum Gasteiger partial charge on any atom is -0.488 e. The summed E-state index contributed by atoms with van der Waals surface area (Å²) in [6.45, 7) is 2.65. The highest BCUT2D eigenvalue weighted by molar-refractivity contribution is 6.32. The molecule has 3 heterocycles. The number of nitriles is 1. The largest absolute Gasteiger partial charge is 0.488 e. The predicted molar refractivity (Wildman–Crippen MR) is 265 cm³/mol. The van der Waals surface area contributed by atoms with Crippen molar-refractivity contribution in [3.8, 4) is 28.7 Å². The number of ether oxygens (including phenoxy) is 3. The minimum atomic E-state index is -1.17. The highest BCUT2D eigenvalue weighted by Crippen LogP contribution is 2.37. The lowest BCUT2D eigenvalue weighted by molar-refractivity contribution is -0.136. The van der Waals surface area contributed by atoms with E-state index in [0.717, 1.165) is 51.1 Å². The van der Waals surface area contributed by atoms with Crippen LogP contribution in [-0.4, -0.2) is 96.1 Å². The number of hydrogen-bond acceptors (Lipinski definition) is 12. The lowest BCUT2D eigenvalue weighted by Crippen LogP contribution is -2.54. The molecule has 0 bridgehead atoms. The Labute approximate surface area is 420 Å². The quantitative estimate of drug-likeness (QED) is 0.0553. The second-order valence-corrected chi connectivity index (χ2v) is 18.0. The fraction of sp³-hybridized carbons (Fsp3) is 0.296. The molecule has 0 saturated carbocycles. The van der Waals surface area contributed by atoms with Gasteiger partial charge in [0.2, 0.25) is 29.5 Å². The van der Waals surface area contributed by atoms with Crippen LogP contribution in [-0.2, 0) is 48.5 Å². The van der Waals surface area contributed by atoms with Crippen molar-refractivity contribution in [1.82, 2.24) is 25.8 Å². The number of imide groups is 2.